The van der Waals surface area contributed by atoms with E-state index in [1.165, 1.54) is 6.07 Å². The molecule has 8 nitrogen and oxygen atoms in total. The van der Waals surface area contributed by atoms with Crippen LogP contribution >= 0.6 is 0 Å². The van der Waals surface area contributed by atoms with Gasteiger partial charge in [0.1, 0.15) is 23.7 Å². The van der Waals surface area contributed by atoms with Crippen LogP contribution in [0.3, 0.4) is 0 Å². The quantitative estimate of drug-likeness (QED) is 0.662. The molecule has 2 aliphatic rings. The molecule has 0 atom stereocenters. The van der Waals surface area contributed by atoms with Gasteiger partial charge in [-0.1, -0.05) is 0 Å². The van der Waals surface area contributed by atoms with E-state index in [-0.39, 0.29) is 31.3 Å². The van der Waals surface area contributed by atoms with Crippen molar-refractivity contribution in [2.24, 2.45) is 0 Å². The number of hydrogen-bond donors (Lipinski definition) is 1. The first-order valence-electron chi connectivity index (χ1n) is 10.3. The number of methoxy groups -OCH3 is 1. The first-order chi connectivity index (χ1) is 14.6. The minimum Gasteiger partial charge on any atom is -0.381 e. The first-order valence-corrected chi connectivity index (χ1v) is 10.3. The molecule has 3 rings (SSSR count). The second kappa shape index (κ2) is 9.26. The molecule has 31 heavy (non-hydrogen) atoms. The monoisotopic (exact) mass is 441 g/mol. The summed E-state index contributed by atoms with van der Waals surface area (Å²) >= 11 is 0. The Morgan fingerprint density at radius 3 is 2.61 bits per heavy atom. The number of halogens is 3. The minimum absolute atomic E-state index is 0.0895. The molecule has 1 aliphatic carbocycles. The molecular formula is C20H26F3N5O3. The van der Waals surface area contributed by atoms with E-state index in [2.05, 4.69) is 10.3 Å². The summed E-state index contributed by atoms with van der Waals surface area (Å²) in [5.74, 6) is 0.000146. The molecule has 0 bridgehead atoms. The van der Waals surface area contributed by atoms with Gasteiger partial charge < -0.3 is 15.0 Å². The Morgan fingerprint density at radius 2 is 2.06 bits per heavy atom. The number of hydrogen-bond acceptors (Lipinski definition) is 6. The van der Waals surface area contributed by atoms with Crippen LogP contribution in [0.25, 0.3) is 0 Å². The topological polar surface area (TPSA) is 100 Å². The van der Waals surface area contributed by atoms with Crippen molar-refractivity contribution in [3.05, 3.63) is 22.2 Å². The molecular weight excluding hydrogens is 415 g/mol. The fraction of sp³-hybridized carbons (Fsp3) is 0.700. The summed E-state index contributed by atoms with van der Waals surface area (Å²) in [5, 5.41) is 11.7. The average molecular weight is 441 g/mol. The number of rotatable bonds is 8. The fourth-order valence-corrected chi connectivity index (χ4v) is 3.67. The van der Waals surface area contributed by atoms with Crippen LogP contribution in [0, 0.1) is 11.3 Å². The summed E-state index contributed by atoms with van der Waals surface area (Å²) in [4.78, 5) is 31.5. The third-order valence-corrected chi connectivity index (χ3v) is 5.68. The first kappa shape index (κ1) is 23.1. The highest BCUT2D eigenvalue weighted by atomic mass is 19.4. The maximum absolute atomic E-state index is 12.8. The van der Waals surface area contributed by atoms with Crippen LogP contribution in [0.15, 0.2) is 10.9 Å². The molecule has 0 unspecified atom stereocenters. The van der Waals surface area contributed by atoms with Crippen LogP contribution in [0.5, 0.6) is 0 Å². The zero-order valence-electron chi connectivity index (χ0n) is 17.4. The standard InChI is InChI=1S/C20H26F3N5O3/c1-31-14-4-9-27(10-5-14)16-11-18(30)28(12-17(29)26-19(13-24)7-8-19)15(25-16)3-2-6-20(21,22)23/h11,14H,2-10,12H2,1H3,(H,26,29). The van der Waals surface area contributed by atoms with Crippen molar-refractivity contribution in [3.63, 3.8) is 0 Å². The van der Waals surface area contributed by atoms with Gasteiger partial charge in [-0.2, -0.15) is 18.4 Å². The Morgan fingerprint density at radius 1 is 1.39 bits per heavy atom. The number of nitrogens with zero attached hydrogens (tertiary/aromatic N) is 4. The number of piperidine rings is 1. The Kier molecular flexibility index (Phi) is 6.89. The number of ether oxygens (including phenoxy) is 1. The number of carbonyl (C=O) groups is 1. The van der Waals surface area contributed by atoms with Gasteiger partial charge in [0.05, 0.1) is 12.2 Å². The molecule has 1 amide bonds. The Hall–Kier alpha value is -2.61. The number of aryl methyl sites for hydroxylation is 1. The van der Waals surface area contributed by atoms with E-state index in [0.717, 1.165) is 17.4 Å². The summed E-state index contributed by atoms with van der Waals surface area (Å²) in [6.07, 6.45) is -2.94. The van der Waals surface area contributed by atoms with Crippen molar-refractivity contribution in [2.75, 3.05) is 25.1 Å². The van der Waals surface area contributed by atoms with Crippen LogP contribution in [-0.2, 0) is 22.5 Å². The van der Waals surface area contributed by atoms with Crippen LogP contribution in [0.4, 0.5) is 19.0 Å². The molecule has 1 saturated carbocycles. The molecule has 1 aromatic rings. The number of anilines is 1. The highest BCUT2D eigenvalue weighted by Gasteiger charge is 2.44. The lowest BCUT2D eigenvalue weighted by Gasteiger charge is -2.32. The number of nitriles is 1. The Labute approximate surface area is 178 Å². The highest BCUT2D eigenvalue weighted by Crippen LogP contribution is 2.34. The Balaban J connectivity index is 1.79. The van der Waals surface area contributed by atoms with Crippen molar-refractivity contribution >= 4 is 11.7 Å². The van der Waals surface area contributed by atoms with E-state index in [4.69, 9.17) is 10.00 Å². The molecule has 170 valence electrons. The predicted octanol–water partition coefficient (Wildman–Crippen LogP) is 1.92. The van der Waals surface area contributed by atoms with Crippen molar-refractivity contribution in [1.29, 1.82) is 5.26 Å². The normalized spacial score (nSPS) is 18.5. The van der Waals surface area contributed by atoms with E-state index in [0.29, 0.717) is 31.7 Å². The maximum Gasteiger partial charge on any atom is 0.389 e. The third-order valence-electron chi connectivity index (χ3n) is 5.68. The molecule has 1 aliphatic heterocycles. The number of amides is 1. The molecule has 1 N–H and O–H groups in total. The van der Waals surface area contributed by atoms with E-state index in [1.54, 1.807) is 7.11 Å². The van der Waals surface area contributed by atoms with Gasteiger partial charge in [-0.25, -0.2) is 4.98 Å². The molecule has 2 fully saturated rings. The minimum atomic E-state index is -4.31. The van der Waals surface area contributed by atoms with Gasteiger partial charge in [0.2, 0.25) is 5.91 Å². The Bertz CT molecular complexity index is 897. The molecule has 0 radical (unpaired) electrons. The van der Waals surface area contributed by atoms with E-state index >= 15 is 0 Å². The molecule has 2 heterocycles. The molecule has 0 spiro atoms. The van der Waals surface area contributed by atoms with E-state index in [9.17, 15) is 22.8 Å². The summed E-state index contributed by atoms with van der Waals surface area (Å²) in [6.45, 7) is 0.840. The summed E-state index contributed by atoms with van der Waals surface area (Å²) in [5.41, 5.74) is -1.39. The number of alkyl halides is 3. The summed E-state index contributed by atoms with van der Waals surface area (Å²) in [6, 6.07) is 3.34. The van der Waals surface area contributed by atoms with Gasteiger partial charge in [-0.05, 0) is 32.1 Å². The summed E-state index contributed by atoms with van der Waals surface area (Å²) in [7, 11) is 1.64. The molecule has 1 aromatic heterocycles. The highest BCUT2D eigenvalue weighted by molar-refractivity contribution is 5.77. The van der Waals surface area contributed by atoms with Crippen molar-refractivity contribution in [2.45, 2.75) is 69.3 Å². The second-order valence-corrected chi connectivity index (χ2v) is 8.09. The zero-order chi connectivity index (χ0) is 22.6. The average Bonchev–Trinajstić information content (AvgIpc) is 3.49. The van der Waals surface area contributed by atoms with E-state index in [1.807, 2.05) is 11.0 Å². The zero-order valence-corrected chi connectivity index (χ0v) is 17.4. The van der Waals surface area contributed by atoms with Crippen LogP contribution < -0.4 is 15.8 Å². The number of nitrogens with one attached hydrogen (secondary N) is 1. The van der Waals surface area contributed by atoms with Crippen molar-refractivity contribution in [3.8, 4) is 6.07 Å². The van der Waals surface area contributed by atoms with Gasteiger partial charge in [-0.15, -0.1) is 0 Å². The summed E-state index contributed by atoms with van der Waals surface area (Å²) < 4.78 is 44.3. The maximum atomic E-state index is 12.8. The number of aromatic nitrogens is 2. The molecule has 1 saturated heterocycles. The predicted molar refractivity (Wildman–Crippen MR) is 105 cm³/mol. The largest absolute Gasteiger partial charge is 0.389 e. The van der Waals surface area contributed by atoms with Gasteiger partial charge >= 0.3 is 6.18 Å². The fourth-order valence-electron chi connectivity index (χ4n) is 3.67. The van der Waals surface area contributed by atoms with Crippen LogP contribution in [0.1, 0.15) is 44.3 Å². The van der Waals surface area contributed by atoms with Crippen LogP contribution in [0.2, 0.25) is 0 Å². The SMILES string of the molecule is COC1CCN(c2cc(=O)n(CC(=O)NC3(C#N)CC3)c(CCCC(F)(F)F)n2)CC1. The van der Waals surface area contributed by atoms with Crippen LogP contribution in [-0.4, -0.2) is 53.5 Å². The smallest absolute Gasteiger partial charge is 0.381 e. The molecule has 11 heteroatoms. The lowest BCUT2D eigenvalue weighted by molar-refractivity contribution is -0.135. The van der Waals surface area contributed by atoms with Gasteiger partial charge in [0.15, 0.2) is 0 Å². The lowest BCUT2D eigenvalue weighted by atomic mass is 10.1. The third kappa shape index (κ3) is 6.19. The lowest BCUT2D eigenvalue weighted by Crippen LogP contribution is -2.42. The van der Waals surface area contributed by atoms with Gasteiger partial charge in [0, 0.05) is 39.1 Å². The van der Waals surface area contributed by atoms with Crippen molar-refractivity contribution < 1.29 is 22.7 Å². The molecule has 0 aromatic carbocycles. The van der Waals surface area contributed by atoms with Crippen molar-refractivity contribution in [1.82, 2.24) is 14.9 Å². The van der Waals surface area contributed by atoms with Gasteiger partial charge in [-0.3, -0.25) is 14.2 Å². The number of carbonyl (C=O) groups excluding carboxylic acids is 1. The van der Waals surface area contributed by atoms with E-state index < -0.39 is 29.6 Å². The van der Waals surface area contributed by atoms with Gasteiger partial charge in [0.25, 0.3) is 5.56 Å². The second-order valence-electron chi connectivity index (χ2n) is 8.09.